The topological polar surface area (TPSA) is 81.6 Å². The van der Waals surface area contributed by atoms with Crippen LogP contribution in [0.5, 0.6) is 5.88 Å². The second-order valence-electron chi connectivity index (χ2n) is 4.76. The fourth-order valence-corrected chi connectivity index (χ4v) is 2.33. The van der Waals surface area contributed by atoms with Crippen LogP contribution < -0.4 is 4.74 Å². The number of rotatable bonds is 4. The first-order valence-electron chi connectivity index (χ1n) is 6.97. The molecule has 7 heteroatoms. The molecule has 21 heavy (non-hydrogen) atoms. The number of hydrogen-bond acceptors (Lipinski definition) is 6. The molecule has 0 radical (unpaired) electrons. The Morgan fingerprint density at radius 3 is 2.67 bits per heavy atom. The lowest BCUT2D eigenvalue weighted by Crippen LogP contribution is -2.40. The summed E-state index contributed by atoms with van der Waals surface area (Å²) < 4.78 is 10.00. The van der Waals surface area contributed by atoms with Crippen LogP contribution in [0.1, 0.15) is 30.3 Å². The molecule has 1 saturated heterocycles. The molecule has 0 bridgehead atoms. The van der Waals surface area contributed by atoms with Gasteiger partial charge in [0, 0.05) is 19.2 Å². The van der Waals surface area contributed by atoms with Crippen LogP contribution >= 0.6 is 0 Å². The van der Waals surface area contributed by atoms with Gasteiger partial charge >= 0.3 is 5.97 Å². The Balaban J connectivity index is 1.98. The molecule has 0 unspecified atom stereocenters. The minimum atomic E-state index is -0.206. The highest BCUT2D eigenvalue weighted by Crippen LogP contribution is 2.20. The number of ether oxygens (including phenoxy) is 2. The van der Waals surface area contributed by atoms with Gasteiger partial charge in [0.25, 0.3) is 5.91 Å². The Labute approximate surface area is 123 Å². The van der Waals surface area contributed by atoms with Crippen molar-refractivity contribution in [1.82, 2.24) is 14.9 Å². The molecule has 1 amide bonds. The maximum Gasteiger partial charge on any atom is 0.308 e. The minimum Gasteiger partial charge on any atom is -0.478 e. The average Bonchev–Trinajstić information content (AvgIpc) is 2.54. The smallest absolute Gasteiger partial charge is 0.308 e. The molecule has 1 aromatic heterocycles. The normalized spacial score (nSPS) is 15.6. The quantitative estimate of drug-likeness (QED) is 0.767. The maximum absolute atomic E-state index is 12.4. The monoisotopic (exact) mass is 293 g/mol. The van der Waals surface area contributed by atoms with Crippen molar-refractivity contribution in [1.29, 1.82) is 0 Å². The van der Waals surface area contributed by atoms with Gasteiger partial charge in [-0.3, -0.25) is 9.59 Å². The van der Waals surface area contributed by atoms with Gasteiger partial charge in [0.15, 0.2) is 0 Å². The average molecular weight is 293 g/mol. The van der Waals surface area contributed by atoms with Gasteiger partial charge in [0.05, 0.1) is 19.6 Å². The van der Waals surface area contributed by atoms with E-state index in [1.165, 1.54) is 19.5 Å². The number of amides is 1. The summed E-state index contributed by atoms with van der Waals surface area (Å²) >= 11 is 0. The van der Waals surface area contributed by atoms with Gasteiger partial charge in [-0.15, -0.1) is 0 Å². The van der Waals surface area contributed by atoms with E-state index in [0.717, 1.165) is 0 Å². The molecule has 0 atom stereocenters. The third-order valence-corrected chi connectivity index (χ3v) is 3.47. The molecule has 0 N–H and O–H groups in total. The number of aromatic nitrogens is 2. The summed E-state index contributed by atoms with van der Waals surface area (Å²) in [6.45, 7) is 3.37. The molecule has 2 rings (SSSR count). The fourth-order valence-electron chi connectivity index (χ4n) is 2.33. The van der Waals surface area contributed by atoms with Crippen molar-refractivity contribution in [2.24, 2.45) is 5.92 Å². The van der Waals surface area contributed by atoms with Crippen molar-refractivity contribution in [3.05, 3.63) is 18.1 Å². The van der Waals surface area contributed by atoms with Crippen molar-refractivity contribution in [3.63, 3.8) is 0 Å². The molecule has 7 nitrogen and oxygen atoms in total. The second-order valence-corrected chi connectivity index (χ2v) is 4.76. The summed E-state index contributed by atoms with van der Waals surface area (Å²) in [5.74, 6) is -0.104. The van der Waals surface area contributed by atoms with Crippen LogP contribution in [0.2, 0.25) is 0 Å². The van der Waals surface area contributed by atoms with E-state index in [0.29, 0.717) is 44.1 Å². The predicted molar refractivity (Wildman–Crippen MR) is 73.8 cm³/mol. The molecule has 0 saturated carbocycles. The Morgan fingerprint density at radius 1 is 1.33 bits per heavy atom. The van der Waals surface area contributed by atoms with Gasteiger partial charge in [0.1, 0.15) is 12.0 Å². The Morgan fingerprint density at radius 2 is 2.05 bits per heavy atom. The second kappa shape index (κ2) is 7.01. The summed E-state index contributed by atoms with van der Waals surface area (Å²) in [6, 6.07) is 1.54. The first-order valence-corrected chi connectivity index (χ1v) is 6.97. The van der Waals surface area contributed by atoms with Crippen LogP contribution in [-0.4, -0.2) is 53.6 Å². The van der Waals surface area contributed by atoms with Crippen molar-refractivity contribution in [2.75, 3.05) is 26.8 Å². The number of nitrogens with zero attached hydrogens (tertiary/aromatic N) is 3. The fraction of sp³-hybridized carbons (Fsp3) is 0.571. The van der Waals surface area contributed by atoms with Crippen molar-refractivity contribution < 1.29 is 19.1 Å². The van der Waals surface area contributed by atoms with Crippen LogP contribution in [0.25, 0.3) is 0 Å². The molecule has 1 aliphatic rings. The number of methoxy groups -OCH3 is 1. The highest BCUT2D eigenvalue weighted by atomic mass is 16.5. The summed E-state index contributed by atoms with van der Waals surface area (Å²) in [5.41, 5.74) is 0.310. The SMILES string of the molecule is CCOc1cc(C(=O)N2CCC(C(=O)OC)CC2)ncn1. The van der Waals surface area contributed by atoms with Gasteiger partial charge < -0.3 is 14.4 Å². The third-order valence-electron chi connectivity index (χ3n) is 3.47. The highest BCUT2D eigenvalue weighted by Gasteiger charge is 2.28. The third kappa shape index (κ3) is 3.68. The number of carbonyl (C=O) groups is 2. The van der Waals surface area contributed by atoms with Crippen molar-refractivity contribution >= 4 is 11.9 Å². The van der Waals surface area contributed by atoms with Crippen molar-refractivity contribution in [3.8, 4) is 5.88 Å². The van der Waals surface area contributed by atoms with E-state index < -0.39 is 0 Å². The van der Waals surface area contributed by atoms with Crippen molar-refractivity contribution in [2.45, 2.75) is 19.8 Å². The number of esters is 1. The van der Waals surface area contributed by atoms with Crippen LogP contribution in [0.15, 0.2) is 12.4 Å². The van der Waals surface area contributed by atoms with E-state index >= 15 is 0 Å². The van der Waals surface area contributed by atoms with Crippen LogP contribution in [-0.2, 0) is 9.53 Å². The maximum atomic E-state index is 12.4. The van der Waals surface area contributed by atoms with E-state index in [-0.39, 0.29) is 17.8 Å². The summed E-state index contributed by atoms with van der Waals surface area (Å²) in [4.78, 5) is 33.5. The molecule has 1 aromatic rings. The predicted octanol–water partition coefficient (Wildman–Crippen LogP) is 0.900. The lowest BCUT2D eigenvalue weighted by Gasteiger charge is -2.30. The molecule has 0 spiro atoms. The molecule has 0 aliphatic carbocycles. The minimum absolute atomic E-state index is 0.122. The molecule has 114 valence electrons. The van der Waals surface area contributed by atoms with Gasteiger partial charge in [-0.2, -0.15) is 0 Å². The highest BCUT2D eigenvalue weighted by molar-refractivity contribution is 5.92. The molecular weight excluding hydrogens is 274 g/mol. The number of hydrogen-bond donors (Lipinski definition) is 0. The van der Waals surface area contributed by atoms with E-state index in [1.54, 1.807) is 4.90 Å². The molecular formula is C14H19N3O4. The standard InChI is InChI=1S/C14H19N3O4/c1-3-21-12-8-11(15-9-16-12)13(18)17-6-4-10(5-7-17)14(19)20-2/h8-10H,3-7H2,1-2H3. The van der Waals surface area contributed by atoms with Gasteiger partial charge in [-0.05, 0) is 19.8 Å². The summed E-state index contributed by atoms with van der Waals surface area (Å²) in [5, 5.41) is 0. The zero-order valence-corrected chi connectivity index (χ0v) is 12.2. The Hall–Kier alpha value is -2.18. The Kier molecular flexibility index (Phi) is 5.08. The zero-order chi connectivity index (χ0) is 15.2. The van der Waals surface area contributed by atoms with E-state index in [9.17, 15) is 9.59 Å². The number of piperidine rings is 1. The first kappa shape index (κ1) is 15.2. The number of likely N-dealkylation sites (tertiary alicyclic amines) is 1. The Bertz CT molecular complexity index is 513. The molecule has 0 aromatic carbocycles. The zero-order valence-electron chi connectivity index (χ0n) is 12.2. The molecule has 1 aliphatic heterocycles. The van der Waals surface area contributed by atoms with E-state index in [1.807, 2.05) is 6.92 Å². The lowest BCUT2D eigenvalue weighted by atomic mass is 9.97. The molecule has 1 fully saturated rings. The van der Waals surface area contributed by atoms with Gasteiger partial charge in [-0.25, -0.2) is 9.97 Å². The first-order chi connectivity index (χ1) is 10.2. The van der Waals surface area contributed by atoms with E-state index in [2.05, 4.69) is 9.97 Å². The van der Waals surface area contributed by atoms with E-state index in [4.69, 9.17) is 9.47 Å². The summed E-state index contributed by atoms with van der Waals surface area (Å²) in [6.07, 6.45) is 2.54. The number of carbonyl (C=O) groups excluding carboxylic acids is 2. The van der Waals surface area contributed by atoms with Gasteiger partial charge in [0.2, 0.25) is 5.88 Å². The van der Waals surface area contributed by atoms with Crippen LogP contribution in [0.4, 0.5) is 0 Å². The van der Waals surface area contributed by atoms with Crippen LogP contribution in [0.3, 0.4) is 0 Å². The van der Waals surface area contributed by atoms with Crippen LogP contribution in [0, 0.1) is 5.92 Å². The largest absolute Gasteiger partial charge is 0.478 e. The lowest BCUT2D eigenvalue weighted by molar-refractivity contribution is -0.146. The van der Waals surface area contributed by atoms with Gasteiger partial charge in [-0.1, -0.05) is 0 Å². The molecule has 2 heterocycles. The summed E-state index contributed by atoms with van der Waals surface area (Å²) in [7, 11) is 1.38.